The molecule has 13 heavy (non-hydrogen) atoms. The summed E-state index contributed by atoms with van der Waals surface area (Å²) in [6.07, 6.45) is 2.41. The maximum Gasteiger partial charge on any atom is 0.313 e. The molecule has 0 fully saturated rings. The number of nitrogens with zero attached hydrogens (tertiary/aromatic N) is 4. The fourth-order valence-corrected chi connectivity index (χ4v) is 0.551. The average Bonchev–Trinajstić information content (AvgIpc) is 2.50. The second kappa shape index (κ2) is 3.51. The van der Waals surface area contributed by atoms with E-state index in [-0.39, 0.29) is 12.7 Å². The van der Waals surface area contributed by atoms with Gasteiger partial charge in [0.05, 0.1) is 5.41 Å². The van der Waals surface area contributed by atoms with Gasteiger partial charge in [-0.15, -0.1) is 5.10 Å². The van der Waals surface area contributed by atoms with E-state index in [4.69, 9.17) is 4.74 Å². The van der Waals surface area contributed by atoms with Gasteiger partial charge in [0, 0.05) is 0 Å². The number of aromatic nitrogens is 4. The largest absolute Gasteiger partial charge is 0.442 e. The van der Waals surface area contributed by atoms with Crippen LogP contribution in [-0.4, -0.2) is 26.2 Å². The summed E-state index contributed by atoms with van der Waals surface area (Å²) in [4.78, 5) is 11.2. The summed E-state index contributed by atoms with van der Waals surface area (Å²) in [5, 5.41) is 10.1. The summed E-state index contributed by atoms with van der Waals surface area (Å²) in [7, 11) is 0. The number of rotatable bonds is 2. The predicted molar refractivity (Wildman–Crippen MR) is 42.2 cm³/mol. The highest BCUT2D eigenvalue weighted by molar-refractivity contribution is 5.75. The Labute approximate surface area is 75.9 Å². The van der Waals surface area contributed by atoms with Crippen LogP contribution in [0.1, 0.15) is 20.8 Å². The van der Waals surface area contributed by atoms with Crippen molar-refractivity contribution in [3.8, 4) is 0 Å². The second-order valence-electron chi connectivity index (χ2n) is 3.59. The molecule has 6 heteroatoms. The molecule has 0 atom stereocenters. The number of tetrazole rings is 1. The number of hydrogen-bond acceptors (Lipinski definition) is 5. The third kappa shape index (κ3) is 2.81. The molecule has 0 saturated carbocycles. The van der Waals surface area contributed by atoms with Crippen molar-refractivity contribution in [1.29, 1.82) is 0 Å². The van der Waals surface area contributed by atoms with E-state index in [1.54, 1.807) is 20.8 Å². The molecule has 0 N–H and O–H groups in total. The van der Waals surface area contributed by atoms with Crippen molar-refractivity contribution in [1.82, 2.24) is 20.2 Å². The van der Waals surface area contributed by atoms with Crippen LogP contribution in [0.5, 0.6) is 0 Å². The van der Waals surface area contributed by atoms with E-state index >= 15 is 0 Å². The van der Waals surface area contributed by atoms with Crippen LogP contribution in [-0.2, 0) is 16.3 Å². The third-order valence-corrected chi connectivity index (χ3v) is 1.28. The highest BCUT2D eigenvalue weighted by Crippen LogP contribution is 2.14. The van der Waals surface area contributed by atoms with Crippen LogP contribution in [0.2, 0.25) is 0 Å². The molecule has 6 nitrogen and oxygen atoms in total. The molecule has 0 aliphatic carbocycles. The SMILES string of the molecule is CC(C)(C)C(=O)OCn1[c]nnn1. The van der Waals surface area contributed by atoms with Crippen LogP contribution in [0.25, 0.3) is 0 Å². The lowest BCUT2D eigenvalue weighted by atomic mass is 9.98. The summed E-state index contributed by atoms with van der Waals surface area (Å²) in [5.41, 5.74) is -0.506. The summed E-state index contributed by atoms with van der Waals surface area (Å²) < 4.78 is 6.11. The third-order valence-electron chi connectivity index (χ3n) is 1.28. The highest BCUT2D eigenvalue weighted by Gasteiger charge is 2.22. The monoisotopic (exact) mass is 183 g/mol. The molecule has 0 saturated heterocycles. The number of hydrogen-bond donors (Lipinski definition) is 0. The van der Waals surface area contributed by atoms with Crippen LogP contribution >= 0.6 is 0 Å². The first-order valence-electron chi connectivity index (χ1n) is 3.81. The molecule has 1 radical (unpaired) electrons. The van der Waals surface area contributed by atoms with Gasteiger partial charge in [-0.3, -0.25) is 4.79 Å². The average molecular weight is 183 g/mol. The summed E-state index contributed by atoms with van der Waals surface area (Å²) in [6.45, 7) is 5.33. The molecule has 1 rings (SSSR count). The normalized spacial score (nSPS) is 11.3. The Hall–Kier alpha value is -1.46. The maximum absolute atomic E-state index is 11.2. The molecule has 0 spiro atoms. The van der Waals surface area contributed by atoms with Crippen molar-refractivity contribution in [3.05, 3.63) is 6.33 Å². The molecule has 0 aliphatic rings. The number of carbonyl (C=O) groups is 1. The number of ether oxygens (including phenoxy) is 1. The number of esters is 1. The number of carbonyl (C=O) groups excluding carboxylic acids is 1. The highest BCUT2D eigenvalue weighted by atomic mass is 16.5. The molecule has 0 unspecified atom stereocenters. The zero-order valence-electron chi connectivity index (χ0n) is 7.81. The lowest BCUT2D eigenvalue weighted by Gasteiger charge is -2.15. The van der Waals surface area contributed by atoms with E-state index in [1.807, 2.05) is 0 Å². The van der Waals surface area contributed by atoms with Crippen LogP contribution in [0.4, 0.5) is 0 Å². The Morgan fingerprint density at radius 2 is 2.23 bits per heavy atom. The maximum atomic E-state index is 11.2. The fraction of sp³-hybridized carbons (Fsp3) is 0.714. The second-order valence-corrected chi connectivity index (χ2v) is 3.59. The molecule has 0 aliphatic heterocycles. The van der Waals surface area contributed by atoms with E-state index in [1.165, 1.54) is 4.68 Å². The molecule has 1 heterocycles. The van der Waals surface area contributed by atoms with Gasteiger partial charge in [-0.25, -0.2) is 0 Å². The molecule has 0 bridgehead atoms. The van der Waals surface area contributed by atoms with E-state index in [9.17, 15) is 4.79 Å². The fourth-order valence-electron chi connectivity index (χ4n) is 0.551. The zero-order chi connectivity index (χ0) is 9.90. The summed E-state index contributed by atoms with van der Waals surface area (Å²) >= 11 is 0. The van der Waals surface area contributed by atoms with Gasteiger partial charge < -0.3 is 4.74 Å². The van der Waals surface area contributed by atoms with Gasteiger partial charge >= 0.3 is 5.97 Å². The topological polar surface area (TPSA) is 69.9 Å². The molecule has 0 amide bonds. The summed E-state index contributed by atoms with van der Waals surface area (Å²) in [6, 6.07) is 0. The molecule has 1 aromatic rings. The van der Waals surface area contributed by atoms with E-state index in [0.717, 1.165) is 0 Å². The van der Waals surface area contributed by atoms with Gasteiger partial charge in [-0.1, -0.05) is 0 Å². The van der Waals surface area contributed by atoms with Crippen molar-refractivity contribution >= 4 is 5.97 Å². The van der Waals surface area contributed by atoms with Gasteiger partial charge in [-0.05, 0) is 31.2 Å². The molecule has 71 valence electrons. The minimum Gasteiger partial charge on any atom is -0.442 e. The Morgan fingerprint density at radius 3 is 2.69 bits per heavy atom. The minimum absolute atomic E-state index is 0.00308. The van der Waals surface area contributed by atoms with Gasteiger partial charge in [0.25, 0.3) is 0 Å². The van der Waals surface area contributed by atoms with E-state index < -0.39 is 5.41 Å². The van der Waals surface area contributed by atoms with Gasteiger partial charge in [0.1, 0.15) is 0 Å². The van der Waals surface area contributed by atoms with Crippen molar-refractivity contribution in [3.63, 3.8) is 0 Å². The quantitative estimate of drug-likeness (QED) is 0.604. The summed E-state index contributed by atoms with van der Waals surface area (Å²) in [5.74, 6) is -0.295. The smallest absolute Gasteiger partial charge is 0.313 e. The van der Waals surface area contributed by atoms with Crippen molar-refractivity contribution in [2.24, 2.45) is 5.41 Å². The van der Waals surface area contributed by atoms with Crippen molar-refractivity contribution in [2.75, 3.05) is 0 Å². The first kappa shape index (κ1) is 9.63. The predicted octanol–water partition coefficient (Wildman–Crippen LogP) is 0.0201. The van der Waals surface area contributed by atoms with E-state index in [2.05, 4.69) is 21.9 Å². The van der Waals surface area contributed by atoms with Crippen LogP contribution in [0, 0.1) is 11.7 Å². The first-order valence-corrected chi connectivity index (χ1v) is 3.81. The lowest BCUT2D eigenvalue weighted by molar-refractivity contribution is -0.157. The molecular formula is C7H11N4O2. The Balaban J connectivity index is 2.40. The first-order chi connectivity index (χ1) is 6.00. The zero-order valence-corrected chi connectivity index (χ0v) is 7.81. The molecular weight excluding hydrogens is 172 g/mol. The van der Waals surface area contributed by atoms with Crippen molar-refractivity contribution < 1.29 is 9.53 Å². The van der Waals surface area contributed by atoms with Crippen molar-refractivity contribution in [2.45, 2.75) is 27.5 Å². The lowest BCUT2D eigenvalue weighted by Crippen LogP contribution is -2.24. The van der Waals surface area contributed by atoms with Gasteiger partial charge in [0.15, 0.2) is 6.73 Å². The van der Waals surface area contributed by atoms with Gasteiger partial charge in [-0.2, -0.15) is 4.68 Å². The Bertz CT molecular complexity index is 275. The van der Waals surface area contributed by atoms with Crippen LogP contribution in [0.15, 0.2) is 0 Å². The Morgan fingerprint density at radius 1 is 1.54 bits per heavy atom. The van der Waals surface area contributed by atoms with Gasteiger partial charge in [0.2, 0.25) is 6.33 Å². The Kier molecular flexibility index (Phi) is 2.60. The molecule has 1 aromatic heterocycles. The van der Waals surface area contributed by atoms with E-state index in [0.29, 0.717) is 0 Å². The standard InChI is InChI=1S/C7H11N4O2/c1-7(2,3)6(12)13-5-11-4-8-9-10-11/h5H2,1-3H3. The minimum atomic E-state index is -0.506. The van der Waals surface area contributed by atoms with Crippen LogP contribution < -0.4 is 0 Å². The van der Waals surface area contributed by atoms with Crippen LogP contribution in [0.3, 0.4) is 0 Å². The molecule has 0 aromatic carbocycles.